The Morgan fingerprint density at radius 1 is 0.291 bits per heavy atom. The molecule has 0 N–H and O–H groups in total. The van der Waals surface area contributed by atoms with Gasteiger partial charge in [-0.2, -0.15) is 0 Å². The molecule has 79 heavy (non-hydrogen) atoms. The van der Waals surface area contributed by atoms with Crippen LogP contribution < -0.4 is 53.0 Å². The van der Waals surface area contributed by atoms with E-state index in [0.29, 0.717) is 12.1 Å². The second-order valence-electron chi connectivity index (χ2n) is 14.5. The van der Waals surface area contributed by atoms with Crippen molar-refractivity contribution in [2.45, 2.75) is 8.59 Å². The van der Waals surface area contributed by atoms with Crippen LogP contribution in [0.1, 0.15) is 45.0 Å². The number of hydrogen-bond donors (Lipinski definition) is 0. The molecule has 1 aliphatic rings. The summed E-state index contributed by atoms with van der Waals surface area (Å²) in [6, 6.07) is 1.15. The zero-order valence-electron chi connectivity index (χ0n) is 36.0. The molecule has 0 aliphatic carbocycles. The van der Waals surface area contributed by atoms with Gasteiger partial charge in [0.25, 0.3) is 0 Å². The van der Waals surface area contributed by atoms with E-state index in [-0.39, 0.29) is 33.2 Å². The minimum absolute atomic E-state index is 0. The maximum atomic E-state index is 15.8. The third-order valence-corrected chi connectivity index (χ3v) is 10.2. The number of halogens is 26. The van der Waals surface area contributed by atoms with Gasteiger partial charge in [0.1, 0.15) is 0 Å². The number of rotatable bonds is 4. The Morgan fingerprint density at radius 3 is 0.658 bits per heavy atom. The molecule has 0 radical (unpaired) electrons. The van der Waals surface area contributed by atoms with Crippen molar-refractivity contribution < 1.29 is 118 Å². The fraction of sp³-hybridized carbons (Fsp3) is 0.0455. The maximum absolute atomic E-state index is 15.8. The molecule has 8 nitrogen and oxygen atoms in total. The van der Waals surface area contributed by atoms with Gasteiger partial charge in [0, 0.05) is 11.1 Å². The van der Waals surface area contributed by atoms with E-state index in [1.807, 2.05) is 0 Å². The Labute approximate surface area is 464 Å². The third-order valence-electron chi connectivity index (χ3n) is 10.2. The maximum Gasteiger partial charge on any atom is 4.00 e. The van der Waals surface area contributed by atoms with E-state index in [1.54, 1.807) is 0 Å². The number of alkyl halides is 6. The van der Waals surface area contributed by atoms with Crippen molar-refractivity contribution in [1.29, 1.82) is 0 Å². The van der Waals surface area contributed by atoms with Crippen molar-refractivity contribution in [2.24, 2.45) is 0 Å². The Bertz CT molecular complexity index is 3850. The molecule has 0 spiro atoms. The fourth-order valence-corrected chi connectivity index (χ4v) is 7.15. The van der Waals surface area contributed by atoms with Gasteiger partial charge in [-0.1, -0.05) is 93.9 Å². The summed E-state index contributed by atoms with van der Waals surface area (Å²) in [5, 5.41) is -3.65. The van der Waals surface area contributed by atoms with Crippen LogP contribution in [0.3, 0.4) is 0 Å². The predicted octanol–water partition coefficient (Wildman–Crippen LogP) is 9.48. The molecule has 0 unspecified atom stereocenters. The Hall–Kier alpha value is -6.03. The SMILES string of the molecule is ClC(Cl)Cl.ClC(Cl)Cl.O=c1o/c2[n-]/c1=C(/c1c(F)c(F)c(F)c(F)c1F)c1ccc([n-]1)/C(c1c(F)c(F)c(F)c(F)c1F)=c1\[n-]/c(c(=O)o1)=C(/c1c(F)c(F)c(F)c(F)c1F)c1ccc([n-]1)\C=2c1c(F)c(F)c(F)c(F)c1F.[Pt+4]. The Morgan fingerprint density at radius 2 is 0.456 bits per heavy atom. The summed E-state index contributed by atoms with van der Waals surface area (Å²) >= 11 is 28.8. The van der Waals surface area contributed by atoms with E-state index >= 15 is 35.1 Å². The van der Waals surface area contributed by atoms with Gasteiger partial charge in [0.2, 0.25) is 23.3 Å². The summed E-state index contributed by atoms with van der Waals surface area (Å²) in [6.07, 6.45) is 0. The van der Waals surface area contributed by atoms with Crippen LogP contribution in [0.2, 0.25) is 0 Å². The Kier molecular flexibility index (Phi) is 18.6. The molecule has 0 saturated carbocycles. The smallest absolute Gasteiger partial charge is 0.657 e. The molecule has 0 saturated heterocycles. The first-order valence-corrected chi connectivity index (χ1v) is 22.0. The molecule has 0 atom stereocenters. The number of oxazole rings is 2. The third kappa shape index (κ3) is 10.9. The first-order valence-electron chi connectivity index (χ1n) is 19.4. The van der Waals surface area contributed by atoms with E-state index in [4.69, 9.17) is 78.4 Å². The molecular weight excluding hydrogens is 1440 g/mol. The van der Waals surface area contributed by atoms with Crippen LogP contribution in [-0.4, -0.2) is 8.59 Å². The number of nitrogens with zero attached hydrogens (tertiary/aromatic N) is 4. The van der Waals surface area contributed by atoms with Gasteiger partial charge in [-0.25, -0.2) is 97.4 Å². The van der Waals surface area contributed by atoms with E-state index in [1.165, 1.54) is 0 Å². The molecule has 35 heteroatoms. The van der Waals surface area contributed by atoms with Gasteiger partial charge in [0.15, 0.2) is 102 Å². The molecule has 8 aromatic rings. The first kappa shape index (κ1) is 62.2. The van der Waals surface area contributed by atoms with Crippen molar-refractivity contribution in [3.05, 3.63) is 228 Å². The molecule has 8 bridgehead atoms. The average Bonchev–Trinajstić information content (AvgIpc) is 4.35. The van der Waals surface area contributed by atoms with E-state index in [2.05, 4.69) is 19.9 Å². The summed E-state index contributed by atoms with van der Waals surface area (Å²) in [5.74, 6) is -56.9. The van der Waals surface area contributed by atoms with Gasteiger partial charge in [0.05, 0.1) is 22.3 Å². The van der Waals surface area contributed by atoms with Crippen LogP contribution in [0.5, 0.6) is 0 Å². The standard InChI is InChI=1S/C42H6F20N4O4.2CHCl3.Pt/c43-17-13(18(44)26(52)33(59)25(17)51)9-5-1-3-7(63-5)11(15-21(47)29(55)35(61)30(56)22(15)48)39-66-38(42(68)69-39)10(14-19(45)27(53)34(60)28(54)20(14)46)6-2-4-8(64-6)12(40-65-37(9)41(67)70-40)16-23(49)31(57)36(62)32(58)24(16)50;2*2-1(3)4;/h1-4H,(H2-2,63,64,65,66,67,68);2*1H;/q-2;;;+4/p-2. The zero-order chi connectivity index (χ0) is 58.2. The second-order valence-corrected chi connectivity index (χ2v) is 18.5. The van der Waals surface area contributed by atoms with Crippen LogP contribution in [0.4, 0.5) is 87.8 Å². The summed E-state index contributed by atoms with van der Waals surface area (Å²) < 4.78 is 311. The van der Waals surface area contributed by atoms with Gasteiger partial charge in [-0.3, -0.25) is 0 Å². The zero-order valence-corrected chi connectivity index (χ0v) is 42.8. The molecule has 9 rings (SSSR count). The topological polar surface area (TPSA) is 117 Å². The predicted molar refractivity (Wildman–Crippen MR) is 229 cm³/mol. The number of benzene rings is 4. The van der Waals surface area contributed by atoms with Crippen molar-refractivity contribution in [3.63, 3.8) is 0 Å². The quantitative estimate of drug-likeness (QED) is 0.0741. The van der Waals surface area contributed by atoms with Crippen LogP contribution in [-0.2, 0) is 21.1 Å². The summed E-state index contributed by atoms with van der Waals surface area (Å²) in [5.41, 5.74) is -30.0. The van der Waals surface area contributed by atoms with Gasteiger partial charge in [-0.05, 0) is 33.0 Å². The minimum atomic E-state index is -2.89. The normalized spacial score (nSPS) is 15.0. The molecular formula is C44H6Cl6F20N4O4Pt. The van der Waals surface area contributed by atoms with Crippen molar-refractivity contribution in [3.8, 4) is 0 Å². The van der Waals surface area contributed by atoms with Crippen molar-refractivity contribution >= 4 is 91.9 Å². The average molecular weight is 1440 g/mol. The van der Waals surface area contributed by atoms with Gasteiger partial charge < -0.3 is 28.8 Å². The minimum Gasteiger partial charge on any atom is -0.657 e. The first-order chi connectivity index (χ1) is 36.4. The molecule has 1 aliphatic heterocycles. The summed E-state index contributed by atoms with van der Waals surface area (Å²) in [7, 11) is 0. The molecule has 5 heterocycles. The molecule has 0 amide bonds. The largest absolute Gasteiger partial charge is 4.00 e. The number of fused-ring (bicyclic) bond motifs is 8. The Balaban J connectivity index is 0.00000105. The molecule has 0 fully saturated rings. The second kappa shape index (κ2) is 23.6. The summed E-state index contributed by atoms with van der Waals surface area (Å²) in [6.45, 7) is 0. The van der Waals surface area contributed by atoms with Crippen molar-refractivity contribution in [1.82, 2.24) is 19.9 Å². The summed E-state index contributed by atoms with van der Waals surface area (Å²) in [4.78, 5) is 41.6. The van der Waals surface area contributed by atoms with Gasteiger partial charge in [-0.15, -0.1) is 22.8 Å². The monoisotopic (exact) mass is 1440 g/mol. The van der Waals surface area contributed by atoms with Crippen molar-refractivity contribution in [2.75, 3.05) is 0 Å². The number of hydrogen-bond acceptors (Lipinski definition) is 4. The molecule has 4 aromatic heterocycles. The van der Waals surface area contributed by atoms with Crippen LogP contribution in [0.25, 0.3) is 22.3 Å². The van der Waals surface area contributed by atoms with Crippen LogP contribution in [0.15, 0.2) is 42.7 Å². The van der Waals surface area contributed by atoms with E-state index in [9.17, 15) is 62.3 Å². The molecule has 418 valence electrons. The van der Waals surface area contributed by atoms with E-state index in [0.717, 1.165) is 0 Å². The fourth-order valence-electron chi connectivity index (χ4n) is 7.15. The number of aromatic nitrogens is 4. The van der Waals surface area contributed by atoms with Gasteiger partial charge >= 0.3 is 32.3 Å². The van der Waals surface area contributed by atoms with Crippen LogP contribution in [0, 0.1) is 116 Å². The molecule has 4 aromatic carbocycles. The van der Waals surface area contributed by atoms with Crippen LogP contribution >= 0.6 is 69.6 Å². The van der Waals surface area contributed by atoms with E-state index < -0.39 is 225 Å².